The van der Waals surface area contributed by atoms with E-state index in [1.807, 2.05) is 5.57 Å². The molecule has 0 spiro atoms. The van der Waals surface area contributed by atoms with Gasteiger partial charge in [0, 0.05) is 12.0 Å². The van der Waals surface area contributed by atoms with Gasteiger partial charge in [-0.2, -0.15) is 0 Å². The van der Waals surface area contributed by atoms with Crippen LogP contribution in [0.1, 0.15) is 71.6 Å². The van der Waals surface area contributed by atoms with Crippen LogP contribution in [0.25, 0.3) is 0 Å². The van der Waals surface area contributed by atoms with E-state index < -0.39 is 0 Å². The van der Waals surface area contributed by atoms with Gasteiger partial charge in [-0.05, 0) is 57.4 Å². The Labute approximate surface area is 113 Å². The summed E-state index contributed by atoms with van der Waals surface area (Å²) >= 11 is 0. The van der Waals surface area contributed by atoms with Gasteiger partial charge in [0.25, 0.3) is 0 Å². The second kappa shape index (κ2) is 6.75. The molecule has 0 aromatic rings. The zero-order valence-electron chi connectivity index (χ0n) is 12.4. The van der Waals surface area contributed by atoms with Gasteiger partial charge in [0.1, 0.15) is 0 Å². The Bertz CT molecular complexity index is 268. The van der Waals surface area contributed by atoms with Crippen molar-refractivity contribution in [2.24, 2.45) is 11.3 Å². The van der Waals surface area contributed by atoms with Crippen LogP contribution < -0.4 is 5.32 Å². The number of hydrogen-bond acceptors (Lipinski definition) is 1. The van der Waals surface area contributed by atoms with Crippen LogP contribution >= 0.6 is 0 Å². The van der Waals surface area contributed by atoms with Crippen molar-refractivity contribution in [2.45, 2.75) is 71.6 Å². The molecule has 2 rings (SSSR count). The summed E-state index contributed by atoms with van der Waals surface area (Å²) in [4.78, 5) is 0. The van der Waals surface area contributed by atoms with E-state index in [1.54, 1.807) is 0 Å². The highest BCUT2D eigenvalue weighted by molar-refractivity contribution is 5.22. The summed E-state index contributed by atoms with van der Waals surface area (Å²) in [7, 11) is 0. The molecule has 0 aromatic carbocycles. The van der Waals surface area contributed by atoms with Gasteiger partial charge >= 0.3 is 0 Å². The Morgan fingerprint density at radius 2 is 2.06 bits per heavy atom. The van der Waals surface area contributed by atoms with E-state index in [1.165, 1.54) is 70.9 Å². The Balaban J connectivity index is 1.93. The van der Waals surface area contributed by atoms with Crippen LogP contribution in [0, 0.1) is 11.3 Å². The summed E-state index contributed by atoms with van der Waals surface area (Å²) in [6, 6.07) is 0. The minimum Gasteiger partial charge on any atom is -0.316 e. The van der Waals surface area contributed by atoms with Crippen molar-refractivity contribution >= 4 is 0 Å². The van der Waals surface area contributed by atoms with Crippen LogP contribution in [0.2, 0.25) is 0 Å². The minimum absolute atomic E-state index is 0.565. The van der Waals surface area contributed by atoms with Gasteiger partial charge in [-0.3, -0.25) is 0 Å². The molecule has 1 fully saturated rings. The molecule has 0 atom stereocenters. The maximum Gasteiger partial charge on any atom is 0.00454 e. The van der Waals surface area contributed by atoms with Crippen molar-refractivity contribution in [1.82, 2.24) is 5.32 Å². The van der Waals surface area contributed by atoms with Crippen LogP contribution in [-0.2, 0) is 0 Å². The van der Waals surface area contributed by atoms with Crippen molar-refractivity contribution in [3.63, 3.8) is 0 Å². The van der Waals surface area contributed by atoms with Crippen LogP contribution in [0.4, 0.5) is 0 Å². The first-order valence-electron chi connectivity index (χ1n) is 8.21. The molecule has 0 aromatic heterocycles. The fourth-order valence-electron chi connectivity index (χ4n) is 4.00. The molecule has 0 bridgehead atoms. The van der Waals surface area contributed by atoms with Crippen LogP contribution in [0.3, 0.4) is 0 Å². The van der Waals surface area contributed by atoms with Gasteiger partial charge in [-0.25, -0.2) is 0 Å². The number of nitrogens with one attached hydrogen (secondary N) is 1. The predicted octanol–water partition coefficient (Wildman–Crippen LogP) is 4.68. The largest absolute Gasteiger partial charge is 0.316 e. The third-order valence-electron chi connectivity index (χ3n) is 4.92. The molecule has 0 amide bonds. The summed E-state index contributed by atoms with van der Waals surface area (Å²) in [5.74, 6) is 1.02. The van der Waals surface area contributed by atoms with Crippen molar-refractivity contribution in [3.8, 4) is 0 Å². The average Bonchev–Trinajstić information content (AvgIpc) is 2.37. The van der Waals surface area contributed by atoms with Crippen LogP contribution in [-0.4, -0.2) is 13.1 Å². The van der Waals surface area contributed by atoms with Gasteiger partial charge in [0.15, 0.2) is 0 Å². The van der Waals surface area contributed by atoms with Crippen molar-refractivity contribution in [1.29, 1.82) is 0 Å². The highest BCUT2D eigenvalue weighted by Crippen LogP contribution is 2.54. The Hall–Kier alpha value is -0.300. The Kier molecular flexibility index (Phi) is 5.29. The first kappa shape index (κ1) is 14.1. The molecule has 18 heavy (non-hydrogen) atoms. The van der Waals surface area contributed by atoms with Crippen LogP contribution in [0.5, 0.6) is 0 Å². The molecule has 0 heterocycles. The molecule has 2 aliphatic rings. The van der Waals surface area contributed by atoms with Gasteiger partial charge in [0.05, 0.1) is 0 Å². The standard InChI is InChI=1S/C17H31N/c1-3-8-15-12-17(13-15,14-18-11-4-2)16-9-6-5-7-10-16/h9,15,18H,3-8,10-14H2,1-2H3. The van der Waals surface area contributed by atoms with Crippen molar-refractivity contribution in [3.05, 3.63) is 11.6 Å². The average molecular weight is 249 g/mol. The lowest BCUT2D eigenvalue weighted by atomic mass is 9.56. The summed E-state index contributed by atoms with van der Waals surface area (Å²) in [6.45, 7) is 7.02. The molecule has 0 unspecified atom stereocenters. The van der Waals surface area contributed by atoms with Gasteiger partial charge in [-0.15, -0.1) is 0 Å². The van der Waals surface area contributed by atoms with Crippen molar-refractivity contribution < 1.29 is 0 Å². The molecule has 1 heteroatoms. The quantitative estimate of drug-likeness (QED) is 0.510. The predicted molar refractivity (Wildman–Crippen MR) is 79.8 cm³/mol. The fraction of sp³-hybridized carbons (Fsp3) is 0.882. The lowest BCUT2D eigenvalue weighted by Gasteiger charge is -2.51. The second-order valence-electron chi connectivity index (χ2n) is 6.50. The van der Waals surface area contributed by atoms with Crippen molar-refractivity contribution in [2.75, 3.05) is 13.1 Å². The van der Waals surface area contributed by atoms with E-state index in [0.29, 0.717) is 5.41 Å². The third-order valence-corrected chi connectivity index (χ3v) is 4.92. The fourth-order valence-corrected chi connectivity index (χ4v) is 4.00. The van der Waals surface area contributed by atoms with Crippen LogP contribution in [0.15, 0.2) is 11.6 Å². The monoisotopic (exact) mass is 249 g/mol. The molecular weight excluding hydrogens is 218 g/mol. The maximum absolute atomic E-state index is 3.70. The lowest BCUT2D eigenvalue weighted by molar-refractivity contribution is 0.0807. The van der Waals surface area contributed by atoms with E-state index in [0.717, 1.165) is 5.92 Å². The Morgan fingerprint density at radius 3 is 2.67 bits per heavy atom. The molecule has 0 saturated heterocycles. The third kappa shape index (κ3) is 3.17. The second-order valence-corrected chi connectivity index (χ2v) is 6.50. The Morgan fingerprint density at radius 1 is 1.22 bits per heavy atom. The molecule has 0 aliphatic heterocycles. The molecule has 0 radical (unpaired) electrons. The van der Waals surface area contributed by atoms with Gasteiger partial charge in [0.2, 0.25) is 0 Å². The molecule has 1 N–H and O–H groups in total. The summed E-state index contributed by atoms with van der Waals surface area (Å²) < 4.78 is 0. The van der Waals surface area contributed by atoms with E-state index in [-0.39, 0.29) is 0 Å². The van der Waals surface area contributed by atoms with Gasteiger partial charge in [-0.1, -0.05) is 38.3 Å². The number of allylic oxidation sites excluding steroid dienone is 1. The SMILES string of the molecule is CCCNCC1(C2=CCCCC2)CC(CCC)C1. The first-order chi connectivity index (χ1) is 8.80. The molecule has 1 saturated carbocycles. The topological polar surface area (TPSA) is 12.0 Å². The maximum atomic E-state index is 3.70. The van der Waals surface area contributed by atoms with E-state index >= 15 is 0 Å². The molecule has 2 aliphatic carbocycles. The smallest absolute Gasteiger partial charge is 0.00454 e. The van der Waals surface area contributed by atoms with E-state index in [4.69, 9.17) is 0 Å². The van der Waals surface area contributed by atoms with Gasteiger partial charge < -0.3 is 5.32 Å². The summed E-state index contributed by atoms with van der Waals surface area (Å²) in [6.07, 6.45) is 15.1. The van der Waals surface area contributed by atoms with E-state index in [2.05, 4.69) is 25.2 Å². The summed E-state index contributed by atoms with van der Waals surface area (Å²) in [5.41, 5.74) is 2.37. The number of rotatable bonds is 7. The minimum atomic E-state index is 0.565. The normalized spacial score (nSPS) is 31.9. The number of hydrogen-bond donors (Lipinski definition) is 1. The highest BCUT2D eigenvalue weighted by Gasteiger charge is 2.45. The molecule has 104 valence electrons. The zero-order valence-corrected chi connectivity index (χ0v) is 12.4. The van der Waals surface area contributed by atoms with E-state index in [9.17, 15) is 0 Å². The molecule has 1 nitrogen and oxygen atoms in total. The molecular formula is C17H31N. The highest BCUT2D eigenvalue weighted by atomic mass is 14.9. The lowest BCUT2D eigenvalue weighted by Crippen LogP contribution is -2.46. The first-order valence-corrected chi connectivity index (χ1v) is 8.21. The zero-order chi connectivity index (χ0) is 12.8. The summed E-state index contributed by atoms with van der Waals surface area (Å²) in [5, 5.41) is 3.70.